The Balaban J connectivity index is 1.37. The molecule has 0 spiro atoms. The summed E-state index contributed by atoms with van der Waals surface area (Å²) in [7, 11) is 0. The highest BCUT2D eigenvalue weighted by atomic mass is 16.2. The predicted octanol–water partition coefficient (Wildman–Crippen LogP) is 3.00. The van der Waals surface area contributed by atoms with Crippen molar-refractivity contribution in [2.45, 2.75) is 32.4 Å². The van der Waals surface area contributed by atoms with Crippen LogP contribution in [0.3, 0.4) is 0 Å². The number of aryl methyl sites for hydroxylation is 1. The van der Waals surface area contributed by atoms with Gasteiger partial charge in [-0.2, -0.15) is 0 Å². The Morgan fingerprint density at radius 1 is 1.18 bits per heavy atom. The van der Waals surface area contributed by atoms with Crippen LogP contribution in [-0.2, 0) is 6.54 Å². The fourth-order valence-corrected chi connectivity index (χ4v) is 4.69. The van der Waals surface area contributed by atoms with E-state index in [2.05, 4.69) is 31.7 Å². The Morgan fingerprint density at radius 3 is 2.96 bits per heavy atom. The Bertz CT molecular complexity index is 1010. The second-order valence-corrected chi connectivity index (χ2v) is 8.13. The summed E-state index contributed by atoms with van der Waals surface area (Å²) in [5, 5.41) is 1.02. The highest BCUT2D eigenvalue weighted by molar-refractivity contribution is 5.98. The SMILES string of the molecule is Cc1[nH]cnc1CN1C[C@H]2CC[C@@H](C1)N(C(=O)c1ccc3ncccc3c1)C2. The molecule has 1 aromatic carbocycles. The largest absolute Gasteiger partial charge is 0.348 e. The topological polar surface area (TPSA) is 65.1 Å². The fraction of sp³-hybridized carbons (Fsp3) is 0.409. The van der Waals surface area contributed by atoms with Crippen LogP contribution >= 0.6 is 0 Å². The Labute approximate surface area is 164 Å². The molecule has 1 N–H and O–H groups in total. The van der Waals surface area contributed by atoms with E-state index in [9.17, 15) is 4.79 Å². The van der Waals surface area contributed by atoms with Crippen LogP contribution < -0.4 is 0 Å². The van der Waals surface area contributed by atoms with E-state index in [-0.39, 0.29) is 11.9 Å². The molecular weight excluding hydrogens is 350 g/mol. The Morgan fingerprint density at radius 2 is 2.11 bits per heavy atom. The van der Waals surface area contributed by atoms with Gasteiger partial charge in [-0.1, -0.05) is 6.07 Å². The molecule has 2 aromatic heterocycles. The van der Waals surface area contributed by atoms with Crippen molar-refractivity contribution < 1.29 is 4.79 Å². The molecule has 0 radical (unpaired) electrons. The first kappa shape index (κ1) is 17.4. The van der Waals surface area contributed by atoms with E-state index in [0.29, 0.717) is 5.92 Å². The molecule has 0 saturated carbocycles. The van der Waals surface area contributed by atoms with Gasteiger partial charge < -0.3 is 9.88 Å². The number of aromatic nitrogens is 3. The molecule has 3 aromatic rings. The number of carbonyl (C=O) groups is 1. The van der Waals surface area contributed by atoms with Crippen LogP contribution in [0.25, 0.3) is 10.9 Å². The zero-order chi connectivity index (χ0) is 19.1. The molecule has 3 aliphatic heterocycles. The van der Waals surface area contributed by atoms with E-state index in [1.54, 1.807) is 12.5 Å². The summed E-state index contributed by atoms with van der Waals surface area (Å²) in [6.45, 7) is 5.73. The van der Waals surface area contributed by atoms with Crippen molar-refractivity contribution in [3.8, 4) is 0 Å². The molecule has 3 aliphatic rings. The quantitative estimate of drug-likeness (QED) is 0.764. The molecule has 2 bridgehead atoms. The molecule has 6 rings (SSSR count). The van der Waals surface area contributed by atoms with Gasteiger partial charge in [0.05, 0.1) is 17.5 Å². The second-order valence-electron chi connectivity index (χ2n) is 8.13. The number of benzene rings is 1. The minimum atomic E-state index is 0.151. The van der Waals surface area contributed by atoms with Crippen LogP contribution in [-0.4, -0.2) is 56.3 Å². The van der Waals surface area contributed by atoms with Gasteiger partial charge in [-0.25, -0.2) is 4.98 Å². The highest BCUT2D eigenvalue weighted by Gasteiger charge is 2.37. The average Bonchev–Trinajstić information content (AvgIpc) is 2.93. The standard InChI is InChI=1S/C22H25N5O/c1-15-21(25-14-24-15)13-26-10-16-4-6-19(12-26)27(11-16)22(28)18-5-7-20-17(9-18)3-2-8-23-20/h2-3,5,7-9,14,16,19H,4,6,10-13H2,1H3,(H,24,25)/t16-,19+/m1/s1. The first-order chi connectivity index (χ1) is 13.7. The maximum atomic E-state index is 13.3. The number of nitrogens with one attached hydrogen (secondary N) is 1. The van der Waals surface area contributed by atoms with Gasteiger partial charge >= 0.3 is 0 Å². The lowest BCUT2D eigenvalue weighted by Gasteiger charge is -2.36. The van der Waals surface area contributed by atoms with Gasteiger partial charge in [-0.3, -0.25) is 14.7 Å². The second kappa shape index (κ2) is 7.02. The normalized spacial score (nSPS) is 22.5. The molecular formula is C22H25N5O. The number of piperidine rings is 1. The number of carbonyl (C=O) groups excluding carboxylic acids is 1. The monoisotopic (exact) mass is 375 g/mol. The number of amides is 1. The minimum absolute atomic E-state index is 0.151. The lowest BCUT2D eigenvalue weighted by Crippen LogP contribution is -2.47. The molecule has 3 fully saturated rings. The van der Waals surface area contributed by atoms with E-state index in [1.165, 1.54) is 6.42 Å². The van der Waals surface area contributed by atoms with E-state index < -0.39 is 0 Å². The number of aromatic amines is 1. The summed E-state index contributed by atoms with van der Waals surface area (Å²) in [4.78, 5) is 29.9. The first-order valence-corrected chi connectivity index (χ1v) is 10.0. The number of hydrogen-bond acceptors (Lipinski definition) is 4. The molecule has 6 heteroatoms. The van der Waals surface area contributed by atoms with Gasteiger partial charge in [-0.15, -0.1) is 0 Å². The third-order valence-corrected chi connectivity index (χ3v) is 6.21. The van der Waals surface area contributed by atoms with Crippen molar-refractivity contribution in [2.24, 2.45) is 5.92 Å². The van der Waals surface area contributed by atoms with Gasteiger partial charge in [0.2, 0.25) is 0 Å². The molecule has 2 atom stereocenters. The van der Waals surface area contributed by atoms with Crippen LogP contribution in [0.5, 0.6) is 0 Å². The van der Waals surface area contributed by atoms with Crippen molar-refractivity contribution in [1.29, 1.82) is 0 Å². The number of pyridine rings is 1. The van der Waals surface area contributed by atoms with Crippen molar-refractivity contribution >= 4 is 16.8 Å². The van der Waals surface area contributed by atoms with Crippen molar-refractivity contribution in [2.75, 3.05) is 19.6 Å². The number of hydrogen-bond donors (Lipinski definition) is 1. The number of rotatable bonds is 3. The van der Waals surface area contributed by atoms with Gasteiger partial charge in [0.15, 0.2) is 0 Å². The lowest BCUT2D eigenvalue weighted by atomic mass is 9.94. The molecule has 5 heterocycles. The van der Waals surface area contributed by atoms with Gasteiger partial charge in [-0.05, 0) is 49.9 Å². The van der Waals surface area contributed by atoms with Crippen molar-refractivity contribution in [1.82, 2.24) is 24.8 Å². The van der Waals surface area contributed by atoms with Gasteiger partial charge in [0.25, 0.3) is 5.91 Å². The van der Waals surface area contributed by atoms with Gasteiger partial charge in [0.1, 0.15) is 0 Å². The summed E-state index contributed by atoms with van der Waals surface area (Å²) in [6.07, 6.45) is 5.84. The molecule has 1 amide bonds. The first-order valence-electron chi connectivity index (χ1n) is 10.0. The molecule has 28 heavy (non-hydrogen) atoms. The summed E-state index contributed by atoms with van der Waals surface area (Å²) >= 11 is 0. The highest BCUT2D eigenvalue weighted by Crippen LogP contribution is 2.30. The van der Waals surface area contributed by atoms with E-state index in [0.717, 1.165) is 60.5 Å². The number of H-pyrrole nitrogens is 1. The minimum Gasteiger partial charge on any atom is -0.348 e. The van der Waals surface area contributed by atoms with Crippen LogP contribution in [0.2, 0.25) is 0 Å². The maximum absolute atomic E-state index is 13.3. The molecule has 6 nitrogen and oxygen atoms in total. The van der Waals surface area contributed by atoms with Crippen molar-refractivity contribution in [3.63, 3.8) is 0 Å². The third kappa shape index (κ3) is 3.18. The number of fused-ring (bicyclic) bond motifs is 5. The van der Waals surface area contributed by atoms with E-state index >= 15 is 0 Å². The third-order valence-electron chi connectivity index (χ3n) is 6.21. The van der Waals surface area contributed by atoms with E-state index in [1.807, 2.05) is 30.3 Å². The lowest BCUT2D eigenvalue weighted by molar-refractivity contribution is 0.0585. The summed E-state index contributed by atoms with van der Waals surface area (Å²) in [5.41, 5.74) is 3.94. The molecule has 3 saturated heterocycles. The van der Waals surface area contributed by atoms with Crippen molar-refractivity contribution in [3.05, 3.63) is 59.8 Å². The van der Waals surface area contributed by atoms with Crippen LogP contribution in [0.4, 0.5) is 0 Å². The molecule has 144 valence electrons. The zero-order valence-corrected chi connectivity index (χ0v) is 16.1. The Hall–Kier alpha value is -2.73. The average molecular weight is 375 g/mol. The summed E-state index contributed by atoms with van der Waals surface area (Å²) in [6, 6.07) is 10.1. The Kier molecular flexibility index (Phi) is 4.36. The summed E-state index contributed by atoms with van der Waals surface area (Å²) in [5.74, 6) is 0.683. The number of imidazole rings is 1. The molecule has 0 aliphatic carbocycles. The smallest absolute Gasteiger partial charge is 0.254 e. The summed E-state index contributed by atoms with van der Waals surface area (Å²) < 4.78 is 0. The predicted molar refractivity (Wildman–Crippen MR) is 108 cm³/mol. The van der Waals surface area contributed by atoms with Gasteiger partial charge in [0, 0.05) is 55.1 Å². The molecule has 0 unspecified atom stereocenters. The fourth-order valence-electron chi connectivity index (χ4n) is 4.69. The number of nitrogens with zero attached hydrogens (tertiary/aromatic N) is 4. The maximum Gasteiger partial charge on any atom is 0.254 e. The van der Waals surface area contributed by atoms with Crippen LogP contribution in [0.15, 0.2) is 42.9 Å². The van der Waals surface area contributed by atoms with Crippen LogP contribution in [0, 0.1) is 12.8 Å². The van der Waals surface area contributed by atoms with E-state index in [4.69, 9.17) is 0 Å². The van der Waals surface area contributed by atoms with Crippen LogP contribution in [0.1, 0.15) is 34.6 Å². The zero-order valence-electron chi connectivity index (χ0n) is 16.1.